The molecule has 0 heterocycles. The average molecular weight is 283 g/mol. The average Bonchev–Trinajstić information content (AvgIpc) is 2.41. The van der Waals surface area contributed by atoms with Crippen LogP contribution in [-0.4, -0.2) is 0 Å². The first-order valence-electron chi connectivity index (χ1n) is 6.10. The minimum absolute atomic E-state index is 0.0430. The summed E-state index contributed by atoms with van der Waals surface area (Å²) in [5.74, 6) is -3.17. The molecule has 5 heteroatoms. The molecule has 0 fully saturated rings. The van der Waals surface area contributed by atoms with Gasteiger partial charge in [-0.15, -0.1) is 0 Å². The molecule has 2 rings (SSSR count). The molecule has 0 aromatic heterocycles. The van der Waals surface area contributed by atoms with Gasteiger partial charge < -0.3 is 5.32 Å². The summed E-state index contributed by atoms with van der Waals surface area (Å²) in [6, 6.07) is 6.76. The molecular weight excluding hydrogens is 270 g/mol. The summed E-state index contributed by atoms with van der Waals surface area (Å²) in [6.45, 7) is 1.66. The van der Waals surface area contributed by atoms with Crippen molar-refractivity contribution in [2.45, 2.75) is 19.5 Å². The van der Waals surface area contributed by atoms with Crippen molar-refractivity contribution in [3.8, 4) is 0 Å². The summed E-state index contributed by atoms with van der Waals surface area (Å²) in [7, 11) is 0. The lowest BCUT2D eigenvalue weighted by Crippen LogP contribution is -2.20. The lowest BCUT2D eigenvalue weighted by molar-refractivity contribution is 0.492. The van der Waals surface area contributed by atoms with E-state index in [2.05, 4.69) is 5.32 Å². The molecule has 0 saturated heterocycles. The minimum atomic E-state index is -0.951. The second kappa shape index (κ2) is 6.05. The molecule has 1 N–H and O–H groups in total. The Bertz CT molecular complexity index is 593. The normalized spacial score (nSPS) is 12.4. The summed E-state index contributed by atoms with van der Waals surface area (Å²) in [5, 5.41) is 2.87. The predicted octanol–water partition coefficient (Wildman–Crippen LogP) is 4.09. The first kappa shape index (κ1) is 14.5. The Morgan fingerprint density at radius 1 is 0.900 bits per heavy atom. The van der Waals surface area contributed by atoms with Crippen LogP contribution in [0.2, 0.25) is 0 Å². The van der Waals surface area contributed by atoms with Gasteiger partial charge in [-0.1, -0.05) is 12.1 Å². The van der Waals surface area contributed by atoms with Gasteiger partial charge in [0.2, 0.25) is 0 Å². The molecule has 2 aromatic carbocycles. The van der Waals surface area contributed by atoms with E-state index in [9.17, 15) is 17.6 Å². The molecule has 0 aliphatic rings. The first-order chi connectivity index (χ1) is 9.49. The molecule has 0 saturated carbocycles. The number of benzene rings is 2. The quantitative estimate of drug-likeness (QED) is 0.833. The van der Waals surface area contributed by atoms with Gasteiger partial charge in [-0.25, -0.2) is 17.6 Å². The van der Waals surface area contributed by atoms with Gasteiger partial charge in [0.15, 0.2) is 11.6 Å². The first-order valence-corrected chi connectivity index (χ1v) is 6.10. The number of rotatable bonds is 4. The van der Waals surface area contributed by atoms with Crippen LogP contribution in [0, 0.1) is 23.3 Å². The van der Waals surface area contributed by atoms with Crippen molar-refractivity contribution >= 4 is 0 Å². The van der Waals surface area contributed by atoms with Crippen molar-refractivity contribution in [1.82, 2.24) is 5.32 Å². The number of nitrogens with one attached hydrogen (secondary N) is 1. The van der Waals surface area contributed by atoms with Crippen LogP contribution in [0.15, 0.2) is 36.4 Å². The molecule has 0 radical (unpaired) electrons. The van der Waals surface area contributed by atoms with Gasteiger partial charge in [-0.05, 0) is 36.8 Å². The largest absolute Gasteiger partial charge is 0.306 e. The smallest absolute Gasteiger partial charge is 0.159 e. The highest BCUT2D eigenvalue weighted by Crippen LogP contribution is 2.18. The van der Waals surface area contributed by atoms with E-state index in [0.717, 1.165) is 12.1 Å². The standard InChI is InChI=1S/C15H13F4N/c1-9(10-5-6-14(18)15(19)7-10)20-8-11-12(16)3-2-4-13(11)17/h2-7,9,20H,8H2,1H3. The topological polar surface area (TPSA) is 12.0 Å². The molecule has 1 atom stereocenters. The fourth-order valence-corrected chi connectivity index (χ4v) is 1.86. The van der Waals surface area contributed by atoms with E-state index in [1.54, 1.807) is 6.92 Å². The molecule has 20 heavy (non-hydrogen) atoms. The van der Waals surface area contributed by atoms with Crippen LogP contribution in [0.25, 0.3) is 0 Å². The Kier molecular flexibility index (Phi) is 4.39. The highest BCUT2D eigenvalue weighted by molar-refractivity contribution is 5.22. The third kappa shape index (κ3) is 3.17. The maximum atomic E-state index is 13.4. The van der Waals surface area contributed by atoms with E-state index >= 15 is 0 Å². The third-order valence-corrected chi connectivity index (χ3v) is 3.09. The molecule has 0 spiro atoms. The molecule has 0 bridgehead atoms. The Labute approximate surface area is 114 Å². The number of hydrogen-bond donors (Lipinski definition) is 1. The molecule has 2 aromatic rings. The van der Waals surface area contributed by atoms with Crippen molar-refractivity contribution in [2.24, 2.45) is 0 Å². The Hall–Kier alpha value is -1.88. The number of hydrogen-bond acceptors (Lipinski definition) is 1. The fraction of sp³-hybridized carbons (Fsp3) is 0.200. The molecule has 106 valence electrons. The van der Waals surface area contributed by atoms with E-state index in [1.807, 2.05) is 0 Å². The molecular formula is C15H13F4N. The van der Waals surface area contributed by atoms with Crippen LogP contribution in [0.3, 0.4) is 0 Å². The molecule has 1 nitrogen and oxygen atoms in total. The molecule has 0 amide bonds. The zero-order chi connectivity index (χ0) is 14.7. The van der Waals surface area contributed by atoms with Crippen LogP contribution < -0.4 is 5.32 Å². The summed E-state index contributed by atoms with van der Waals surface area (Å²) >= 11 is 0. The molecule has 1 unspecified atom stereocenters. The van der Waals surface area contributed by atoms with E-state index in [1.165, 1.54) is 24.3 Å². The Morgan fingerprint density at radius 2 is 1.55 bits per heavy atom. The monoisotopic (exact) mass is 283 g/mol. The highest BCUT2D eigenvalue weighted by atomic mass is 19.2. The van der Waals surface area contributed by atoms with Gasteiger partial charge in [0.1, 0.15) is 11.6 Å². The summed E-state index contributed by atoms with van der Waals surface area (Å²) in [5.41, 5.74) is 0.419. The maximum Gasteiger partial charge on any atom is 0.159 e. The lowest BCUT2D eigenvalue weighted by Gasteiger charge is -2.15. The van der Waals surface area contributed by atoms with Gasteiger partial charge in [-0.3, -0.25) is 0 Å². The second-order valence-corrected chi connectivity index (χ2v) is 4.48. The van der Waals surface area contributed by atoms with Gasteiger partial charge in [0.05, 0.1) is 0 Å². The molecule has 0 aliphatic carbocycles. The zero-order valence-corrected chi connectivity index (χ0v) is 10.8. The lowest BCUT2D eigenvalue weighted by atomic mass is 10.1. The Morgan fingerprint density at radius 3 is 2.15 bits per heavy atom. The van der Waals surface area contributed by atoms with E-state index < -0.39 is 23.3 Å². The van der Waals surface area contributed by atoms with E-state index in [0.29, 0.717) is 5.56 Å². The van der Waals surface area contributed by atoms with Crippen molar-refractivity contribution in [1.29, 1.82) is 0 Å². The zero-order valence-electron chi connectivity index (χ0n) is 10.8. The second-order valence-electron chi connectivity index (χ2n) is 4.48. The van der Waals surface area contributed by atoms with Gasteiger partial charge in [-0.2, -0.15) is 0 Å². The predicted molar refractivity (Wildman–Crippen MR) is 68.0 cm³/mol. The van der Waals surface area contributed by atoms with Crippen LogP contribution in [0.5, 0.6) is 0 Å². The summed E-state index contributed by atoms with van der Waals surface area (Å²) < 4.78 is 52.8. The summed E-state index contributed by atoms with van der Waals surface area (Å²) in [6.07, 6.45) is 0. The van der Waals surface area contributed by atoms with Crippen molar-refractivity contribution in [3.05, 3.63) is 70.8 Å². The third-order valence-electron chi connectivity index (χ3n) is 3.09. The van der Waals surface area contributed by atoms with Crippen LogP contribution in [0.1, 0.15) is 24.1 Å². The summed E-state index contributed by atoms with van der Waals surface area (Å²) in [4.78, 5) is 0. The van der Waals surface area contributed by atoms with Crippen LogP contribution in [-0.2, 0) is 6.54 Å². The fourth-order valence-electron chi connectivity index (χ4n) is 1.86. The van der Waals surface area contributed by atoms with Crippen molar-refractivity contribution < 1.29 is 17.6 Å². The molecule has 0 aliphatic heterocycles. The minimum Gasteiger partial charge on any atom is -0.306 e. The maximum absolute atomic E-state index is 13.4. The highest BCUT2D eigenvalue weighted by Gasteiger charge is 2.12. The van der Waals surface area contributed by atoms with Crippen LogP contribution in [0.4, 0.5) is 17.6 Å². The van der Waals surface area contributed by atoms with Crippen molar-refractivity contribution in [3.63, 3.8) is 0 Å². The van der Waals surface area contributed by atoms with Gasteiger partial charge >= 0.3 is 0 Å². The van der Waals surface area contributed by atoms with Crippen LogP contribution >= 0.6 is 0 Å². The van der Waals surface area contributed by atoms with E-state index in [-0.39, 0.29) is 18.2 Å². The van der Waals surface area contributed by atoms with Gasteiger partial charge in [0, 0.05) is 18.2 Å². The van der Waals surface area contributed by atoms with Crippen molar-refractivity contribution in [2.75, 3.05) is 0 Å². The van der Waals surface area contributed by atoms with Gasteiger partial charge in [0.25, 0.3) is 0 Å². The SMILES string of the molecule is CC(NCc1c(F)cccc1F)c1ccc(F)c(F)c1. The van der Waals surface area contributed by atoms with E-state index in [4.69, 9.17) is 0 Å². The number of halogens is 4. The Balaban J connectivity index is 2.08.